The van der Waals surface area contributed by atoms with E-state index in [1.54, 1.807) is 0 Å². The zero-order valence-corrected chi connectivity index (χ0v) is 23.3. The Bertz CT molecular complexity index is 1130. The number of nitrogens with zero attached hydrogens (tertiary/aromatic N) is 2. The SMILES string of the molecule is Cc1cc(N(CCCOS(C)(=O)=O)CCCOS(C)(=O)=O)ccc1C=Nc1cccc(Br)c1.Cl. The maximum Gasteiger partial charge on any atom is 0.264 e. The summed E-state index contributed by atoms with van der Waals surface area (Å²) in [6.07, 6.45) is 4.83. The van der Waals surface area contributed by atoms with Crippen molar-refractivity contribution in [1.29, 1.82) is 0 Å². The van der Waals surface area contributed by atoms with E-state index >= 15 is 0 Å². The minimum Gasteiger partial charge on any atom is -0.371 e. The van der Waals surface area contributed by atoms with Crippen LogP contribution < -0.4 is 4.90 Å². The Morgan fingerprint density at radius 1 is 0.941 bits per heavy atom. The van der Waals surface area contributed by atoms with Crippen LogP contribution in [0, 0.1) is 6.92 Å². The molecule has 0 aromatic heterocycles. The minimum atomic E-state index is -3.49. The van der Waals surface area contributed by atoms with Gasteiger partial charge in [0.05, 0.1) is 31.4 Å². The van der Waals surface area contributed by atoms with Crippen LogP contribution in [0.15, 0.2) is 51.9 Å². The molecule has 0 aliphatic rings. The fraction of sp³-hybridized carbons (Fsp3) is 0.409. The molecule has 0 aliphatic heterocycles. The molecular formula is C22H30BrClN2O6S2. The van der Waals surface area contributed by atoms with Gasteiger partial charge in [-0.1, -0.05) is 28.1 Å². The van der Waals surface area contributed by atoms with Gasteiger partial charge in [-0.25, -0.2) is 0 Å². The van der Waals surface area contributed by atoms with E-state index in [1.165, 1.54) is 0 Å². The molecule has 8 nitrogen and oxygen atoms in total. The molecule has 0 unspecified atom stereocenters. The number of anilines is 1. The number of hydrogen-bond donors (Lipinski definition) is 0. The summed E-state index contributed by atoms with van der Waals surface area (Å²) in [6, 6.07) is 13.7. The van der Waals surface area contributed by atoms with Crippen LogP contribution in [0.25, 0.3) is 0 Å². The highest BCUT2D eigenvalue weighted by Gasteiger charge is 2.10. The third kappa shape index (κ3) is 12.3. The van der Waals surface area contributed by atoms with Crippen molar-refractivity contribution in [2.75, 3.05) is 43.7 Å². The van der Waals surface area contributed by atoms with E-state index in [4.69, 9.17) is 8.37 Å². The van der Waals surface area contributed by atoms with E-state index in [9.17, 15) is 16.8 Å². The summed E-state index contributed by atoms with van der Waals surface area (Å²) in [7, 11) is -6.98. The molecule has 0 bridgehead atoms. The Balaban J connectivity index is 0.00000578. The van der Waals surface area contributed by atoms with Crippen LogP contribution in [-0.2, 0) is 28.6 Å². The van der Waals surface area contributed by atoms with E-state index in [-0.39, 0.29) is 25.6 Å². The van der Waals surface area contributed by atoms with E-state index in [0.717, 1.165) is 39.5 Å². The van der Waals surface area contributed by atoms with Crippen molar-refractivity contribution in [2.24, 2.45) is 4.99 Å². The lowest BCUT2D eigenvalue weighted by Crippen LogP contribution is -2.28. The first kappa shape index (κ1) is 30.5. The highest BCUT2D eigenvalue weighted by atomic mass is 79.9. The predicted molar refractivity (Wildman–Crippen MR) is 143 cm³/mol. The van der Waals surface area contributed by atoms with Crippen LogP contribution in [-0.4, -0.2) is 61.9 Å². The number of hydrogen-bond acceptors (Lipinski definition) is 8. The summed E-state index contributed by atoms with van der Waals surface area (Å²) in [5, 5.41) is 0. The van der Waals surface area contributed by atoms with Gasteiger partial charge in [-0.15, -0.1) is 12.4 Å². The molecule has 34 heavy (non-hydrogen) atoms. The van der Waals surface area contributed by atoms with Crippen LogP contribution in [0.1, 0.15) is 24.0 Å². The lowest BCUT2D eigenvalue weighted by molar-refractivity contribution is 0.310. The average Bonchev–Trinajstić information content (AvgIpc) is 2.70. The maximum atomic E-state index is 11.2. The van der Waals surface area contributed by atoms with E-state index in [1.807, 2.05) is 55.6 Å². The van der Waals surface area contributed by atoms with Gasteiger partial charge < -0.3 is 4.90 Å². The quantitative estimate of drug-likeness (QED) is 0.191. The third-order valence-corrected chi connectivity index (χ3v) is 6.20. The molecule has 0 heterocycles. The second-order valence-corrected chi connectivity index (χ2v) is 11.7. The normalized spacial score (nSPS) is 12.0. The molecule has 0 saturated heterocycles. The standard InChI is InChI=1S/C22H29BrN2O6S2.ClH/c1-18-15-22(10-9-19(18)17-24-21-8-4-7-20(23)16-21)25(11-5-13-30-32(2,26)27)12-6-14-31-33(3,28)29;/h4,7-10,15-17H,5-6,11-14H2,1-3H3;1H. The predicted octanol–water partition coefficient (Wildman–Crippen LogP) is 4.47. The minimum absolute atomic E-state index is 0. The smallest absolute Gasteiger partial charge is 0.264 e. The summed E-state index contributed by atoms with van der Waals surface area (Å²) in [5.74, 6) is 0. The Hall–Kier alpha value is -1.50. The molecule has 0 fully saturated rings. The molecular weight excluding hydrogens is 568 g/mol. The molecule has 2 rings (SSSR count). The molecule has 190 valence electrons. The fourth-order valence-electron chi connectivity index (χ4n) is 3.00. The highest BCUT2D eigenvalue weighted by Crippen LogP contribution is 2.22. The van der Waals surface area contributed by atoms with Gasteiger partial charge in [0.25, 0.3) is 20.2 Å². The molecule has 0 spiro atoms. The van der Waals surface area contributed by atoms with Crippen molar-refractivity contribution in [3.63, 3.8) is 0 Å². The third-order valence-electron chi connectivity index (χ3n) is 4.52. The topological polar surface area (TPSA) is 102 Å². The molecule has 0 N–H and O–H groups in total. The van der Waals surface area contributed by atoms with Gasteiger partial charge in [0.1, 0.15) is 0 Å². The highest BCUT2D eigenvalue weighted by molar-refractivity contribution is 9.10. The summed E-state index contributed by atoms with van der Waals surface area (Å²) in [6.45, 7) is 3.22. The van der Waals surface area contributed by atoms with Crippen LogP contribution >= 0.6 is 28.3 Å². The van der Waals surface area contributed by atoms with Gasteiger partial charge in [0.2, 0.25) is 0 Å². The van der Waals surface area contributed by atoms with Gasteiger partial charge in [-0.3, -0.25) is 13.4 Å². The summed E-state index contributed by atoms with van der Waals surface area (Å²) < 4.78 is 55.4. The second kappa shape index (κ2) is 14.2. The van der Waals surface area contributed by atoms with Crippen molar-refractivity contribution >= 4 is 66.2 Å². The summed E-state index contributed by atoms with van der Waals surface area (Å²) in [4.78, 5) is 6.58. The van der Waals surface area contributed by atoms with Crippen molar-refractivity contribution < 1.29 is 25.2 Å². The van der Waals surface area contributed by atoms with Crippen molar-refractivity contribution in [1.82, 2.24) is 0 Å². The average molecular weight is 598 g/mol. The van der Waals surface area contributed by atoms with Crippen molar-refractivity contribution in [2.45, 2.75) is 19.8 Å². The van der Waals surface area contributed by atoms with Gasteiger partial charge >= 0.3 is 0 Å². The molecule has 2 aromatic carbocycles. The van der Waals surface area contributed by atoms with Crippen LogP contribution in [0.3, 0.4) is 0 Å². The Kier molecular flexibility index (Phi) is 12.7. The number of rotatable bonds is 13. The Labute approximate surface area is 217 Å². The van der Waals surface area contributed by atoms with E-state index < -0.39 is 20.2 Å². The number of halogens is 2. The summed E-state index contributed by atoms with van der Waals surface area (Å²) >= 11 is 3.44. The molecule has 0 saturated carbocycles. The Morgan fingerprint density at radius 3 is 2.03 bits per heavy atom. The van der Waals surface area contributed by atoms with Crippen molar-refractivity contribution in [3.8, 4) is 0 Å². The molecule has 0 aliphatic carbocycles. The number of aliphatic imine (C=N–C) groups is 1. The largest absolute Gasteiger partial charge is 0.371 e. The lowest BCUT2D eigenvalue weighted by Gasteiger charge is -2.25. The molecule has 0 amide bonds. The lowest BCUT2D eigenvalue weighted by atomic mass is 10.1. The fourth-order valence-corrected chi connectivity index (χ4v) is 4.23. The number of benzene rings is 2. The molecule has 2 aromatic rings. The summed E-state index contributed by atoms with van der Waals surface area (Å²) in [5.41, 5.74) is 3.77. The molecule has 12 heteroatoms. The first-order chi connectivity index (χ1) is 15.4. The van der Waals surface area contributed by atoms with Gasteiger partial charge in [0.15, 0.2) is 0 Å². The van der Waals surface area contributed by atoms with Crippen molar-refractivity contribution in [3.05, 3.63) is 58.1 Å². The van der Waals surface area contributed by atoms with Crippen LogP contribution in [0.4, 0.5) is 11.4 Å². The number of aryl methyl sites for hydroxylation is 1. The van der Waals surface area contributed by atoms with Gasteiger partial charge in [-0.2, -0.15) is 16.8 Å². The molecule has 0 atom stereocenters. The van der Waals surface area contributed by atoms with Gasteiger partial charge in [0, 0.05) is 29.5 Å². The van der Waals surface area contributed by atoms with E-state index in [0.29, 0.717) is 25.9 Å². The Morgan fingerprint density at radius 2 is 1.53 bits per heavy atom. The van der Waals surface area contributed by atoms with E-state index in [2.05, 4.69) is 25.8 Å². The van der Waals surface area contributed by atoms with Crippen LogP contribution in [0.5, 0.6) is 0 Å². The zero-order valence-electron chi connectivity index (χ0n) is 19.3. The monoisotopic (exact) mass is 596 g/mol. The maximum absolute atomic E-state index is 11.2. The van der Waals surface area contributed by atoms with Gasteiger partial charge in [-0.05, 0) is 61.2 Å². The first-order valence-corrected chi connectivity index (χ1v) is 14.7. The molecule has 0 radical (unpaired) electrons. The first-order valence-electron chi connectivity index (χ1n) is 10.3. The van der Waals surface area contributed by atoms with Crippen LogP contribution in [0.2, 0.25) is 0 Å². The second-order valence-electron chi connectivity index (χ2n) is 7.53. The zero-order chi connectivity index (χ0) is 24.5.